The Labute approximate surface area is 117 Å². The Morgan fingerprint density at radius 2 is 1.79 bits per heavy atom. The maximum absolute atomic E-state index is 5.83. The van der Waals surface area contributed by atoms with Gasteiger partial charge in [-0.1, -0.05) is 30.3 Å². The fourth-order valence-corrected chi connectivity index (χ4v) is 1.93. The van der Waals surface area contributed by atoms with Crippen LogP contribution in [0.25, 0.3) is 0 Å². The van der Waals surface area contributed by atoms with E-state index in [0.717, 1.165) is 6.42 Å². The second-order valence-electron chi connectivity index (χ2n) is 4.24. The van der Waals surface area contributed by atoms with E-state index in [-0.39, 0.29) is 11.3 Å². The lowest BCUT2D eigenvalue weighted by molar-refractivity contribution is 0.775. The minimum atomic E-state index is 0.175. The Morgan fingerprint density at radius 3 is 2.47 bits per heavy atom. The molecule has 2 rings (SSSR count). The lowest BCUT2D eigenvalue weighted by atomic mass is 10.1. The Hall–Kier alpha value is -1.88. The average Bonchev–Trinajstić information content (AvgIpc) is 2.38. The molecule has 0 aliphatic carbocycles. The molecule has 1 aromatic carbocycles. The number of halogens is 1. The van der Waals surface area contributed by atoms with Crippen LogP contribution < -0.4 is 10.6 Å². The molecule has 0 radical (unpaired) electrons. The molecule has 2 N–H and O–H groups in total. The summed E-state index contributed by atoms with van der Waals surface area (Å²) in [5.41, 5.74) is 1.26. The first kappa shape index (κ1) is 13.5. The molecule has 1 heterocycles. The van der Waals surface area contributed by atoms with Crippen molar-refractivity contribution in [2.75, 3.05) is 17.7 Å². The second kappa shape index (κ2) is 6.33. The van der Waals surface area contributed by atoms with Gasteiger partial charge in [0.2, 0.25) is 17.2 Å². The molecule has 0 bridgehead atoms. The van der Waals surface area contributed by atoms with E-state index in [1.165, 1.54) is 5.56 Å². The fourth-order valence-electron chi connectivity index (χ4n) is 1.77. The first-order valence-corrected chi connectivity index (χ1v) is 6.45. The predicted molar refractivity (Wildman–Crippen MR) is 77.6 cm³/mol. The van der Waals surface area contributed by atoms with Gasteiger partial charge in [-0.2, -0.15) is 15.0 Å². The van der Waals surface area contributed by atoms with Crippen LogP contribution in [0.1, 0.15) is 12.5 Å². The minimum absolute atomic E-state index is 0.175. The van der Waals surface area contributed by atoms with Crippen LogP contribution in [0.4, 0.5) is 11.9 Å². The van der Waals surface area contributed by atoms with E-state index in [2.05, 4.69) is 44.6 Å². The van der Waals surface area contributed by atoms with E-state index in [0.29, 0.717) is 11.9 Å². The van der Waals surface area contributed by atoms with Crippen molar-refractivity contribution in [2.24, 2.45) is 0 Å². The molecule has 2 aromatic rings. The molecule has 1 atom stereocenters. The number of hydrogen-bond acceptors (Lipinski definition) is 5. The van der Waals surface area contributed by atoms with Gasteiger partial charge in [0, 0.05) is 13.1 Å². The van der Waals surface area contributed by atoms with E-state index in [4.69, 9.17) is 11.6 Å². The third-order valence-corrected chi connectivity index (χ3v) is 2.76. The van der Waals surface area contributed by atoms with Crippen molar-refractivity contribution in [1.82, 2.24) is 15.0 Å². The number of rotatable bonds is 5. The van der Waals surface area contributed by atoms with E-state index in [1.807, 2.05) is 18.2 Å². The molecule has 1 aromatic heterocycles. The van der Waals surface area contributed by atoms with Gasteiger partial charge < -0.3 is 10.6 Å². The molecule has 0 spiro atoms. The summed E-state index contributed by atoms with van der Waals surface area (Å²) in [6, 6.07) is 10.5. The van der Waals surface area contributed by atoms with Crippen LogP contribution in [0.15, 0.2) is 30.3 Å². The lowest BCUT2D eigenvalue weighted by Crippen LogP contribution is -2.20. The average molecular weight is 278 g/mol. The first-order valence-electron chi connectivity index (χ1n) is 6.07. The van der Waals surface area contributed by atoms with Crippen LogP contribution >= 0.6 is 11.6 Å². The highest BCUT2D eigenvalue weighted by molar-refractivity contribution is 6.28. The highest BCUT2D eigenvalue weighted by Crippen LogP contribution is 2.11. The van der Waals surface area contributed by atoms with Crippen LogP contribution in [0.2, 0.25) is 5.28 Å². The van der Waals surface area contributed by atoms with Gasteiger partial charge in [0.15, 0.2) is 0 Å². The van der Waals surface area contributed by atoms with Crippen LogP contribution in [0.5, 0.6) is 0 Å². The quantitative estimate of drug-likeness (QED) is 0.880. The Bertz CT molecular complexity index is 532. The third kappa shape index (κ3) is 4.06. The van der Waals surface area contributed by atoms with Gasteiger partial charge in [0.1, 0.15) is 0 Å². The van der Waals surface area contributed by atoms with Gasteiger partial charge in [0.25, 0.3) is 0 Å². The number of nitrogens with one attached hydrogen (secondary N) is 2. The summed E-state index contributed by atoms with van der Waals surface area (Å²) in [6.45, 7) is 2.07. The predicted octanol–water partition coefficient (Wildman–Crippen LogP) is 2.61. The SMILES string of the molecule is CNc1nc(Cl)nc(NC(C)Cc2ccccc2)n1. The van der Waals surface area contributed by atoms with Crippen molar-refractivity contribution >= 4 is 23.5 Å². The minimum Gasteiger partial charge on any atom is -0.357 e. The zero-order valence-electron chi connectivity index (χ0n) is 10.9. The molecule has 0 saturated carbocycles. The summed E-state index contributed by atoms with van der Waals surface area (Å²) in [7, 11) is 1.74. The maximum Gasteiger partial charge on any atom is 0.229 e. The molecule has 5 nitrogen and oxygen atoms in total. The molecule has 1 unspecified atom stereocenters. The fraction of sp³-hybridized carbons (Fsp3) is 0.308. The van der Waals surface area contributed by atoms with Crippen molar-refractivity contribution in [2.45, 2.75) is 19.4 Å². The number of anilines is 2. The number of benzene rings is 1. The number of nitrogens with zero attached hydrogens (tertiary/aromatic N) is 3. The highest BCUT2D eigenvalue weighted by atomic mass is 35.5. The summed E-state index contributed by atoms with van der Waals surface area (Å²) in [5.74, 6) is 0.933. The van der Waals surface area contributed by atoms with Crippen LogP contribution in [0.3, 0.4) is 0 Å². The van der Waals surface area contributed by atoms with Crippen molar-refractivity contribution in [3.63, 3.8) is 0 Å². The van der Waals surface area contributed by atoms with Gasteiger partial charge in [-0.25, -0.2) is 0 Å². The second-order valence-corrected chi connectivity index (χ2v) is 4.57. The van der Waals surface area contributed by atoms with Gasteiger partial charge in [0.05, 0.1) is 0 Å². The standard InChI is InChI=1S/C13H16ClN5/c1-9(8-10-6-4-3-5-7-10)16-13-18-11(14)17-12(15-2)19-13/h3-7,9H,8H2,1-2H3,(H2,15,16,17,18,19). The van der Waals surface area contributed by atoms with Crippen molar-refractivity contribution < 1.29 is 0 Å². The smallest absolute Gasteiger partial charge is 0.229 e. The maximum atomic E-state index is 5.83. The summed E-state index contributed by atoms with van der Waals surface area (Å²) < 4.78 is 0. The molecule has 0 aliphatic rings. The molecule has 0 aliphatic heterocycles. The van der Waals surface area contributed by atoms with Crippen LogP contribution in [-0.2, 0) is 6.42 Å². The summed E-state index contributed by atoms with van der Waals surface area (Å²) in [6.07, 6.45) is 0.888. The van der Waals surface area contributed by atoms with Crippen molar-refractivity contribution in [1.29, 1.82) is 0 Å². The summed E-state index contributed by atoms with van der Waals surface area (Å²) in [4.78, 5) is 12.2. The Kier molecular flexibility index (Phi) is 4.52. The van der Waals surface area contributed by atoms with E-state index in [9.17, 15) is 0 Å². The molecular weight excluding hydrogens is 262 g/mol. The van der Waals surface area contributed by atoms with Crippen LogP contribution in [0, 0.1) is 0 Å². The largest absolute Gasteiger partial charge is 0.357 e. The van der Waals surface area contributed by atoms with E-state index in [1.54, 1.807) is 7.05 Å². The van der Waals surface area contributed by atoms with Gasteiger partial charge in [-0.15, -0.1) is 0 Å². The topological polar surface area (TPSA) is 62.7 Å². The van der Waals surface area contributed by atoms with E-state index < -0.39 is 0 Å². The Morgan fingerprint density at radius 1 is 1.11 bits per heavy atom. The van der Waals surface area contributed by atoms with Gasteiger partial charge >= 0.3 is 0 Å². The van der Waals surface area contributed by atoms with Gasteiger partial charge in [-0.3, -0.25) is 0 Å². The lowest BCUT2D eigenvalue weighted by Gasteiger charge is -2.14. The normalized spacial score (nSPS) is 11.9. The Balaban J connectivity index is 2.02. The number of aromatic nitrogens is 3. The summed E-state index contributed by atoms with van der Waals surface area (Å²) in [5, 5.41) is 6.24. The monoisotopic (exact) mass is 277 g/mol. The number of hydrogen-bond donors (Lipinski definition) is 2. The van der Waals surface area contributed by atoms with Gasteiger partial charge in [-0.05, 0) is 30.5 Å². The molecule has 100 valence electrons. The molecule has 6 heteroatoms. The third-order valence-electron chi connectivity index (χ3n) is 2.59. The molecule has 19 heavy (non-hydrogen) atoms. The highest BCUT2D eigenvalue weighted by Gasteiger charge is 2.08. The van der Waals surface area contributed by atoms with Crippen molar-refractivity contribution in [3.05, 3.63) is 41.2 Å². The zero-order valence-corrected chi connectivity index (χ0v) is 11.6. The van der Waals surface area contributed by atoms with Crippen molar-refractivity contribution in [3.8, 4) is 0 Å². The van der Waals surface area contributed by atoms with E-state index >= 15 is 0 Å². The molecule has 0 amide bonds. The zero-order chi connectivity index (χ0) is 13.7. The molecule has 0 fully saturated rings. The molecule has 0 saturated heterocycles. The first-order chi connectivity index (χ1) is 9.17. The molecular formula is C13H16ClN5. The van der Waals surface area contributed by atoms with Crippen LogP contribution in [-0.4, -0.2) is 28.0 Å². The summed E-state index contributed by atoms with van der Waals surface area (Å²) >= 11 is 5.83.